The van der Waals surface area contributed by atoms with Crippen LogP contribution in [-0.2, 0) is 0 Å². The Labute approximate surface area is 94.5 Å². The molecule has 0 unspecified atom stereocenters. The van der Waals surface area contributed by atoms with Crippen molar-refractivity contribution in [3.63, 3.8) is 0 Å². The van der Waals surface area contributed by atoms with Crippen LogP contribution in [0, 0.1) is 0 Å². The highest BCUT2D eigenvalue weighted by Crippen LogP contribution is 2.48. The molecule has 74 valence electrons. The standard InChI is InChI=1S/C12H14S2/c1-5-8-12-11(7-3)14-10(6-2)9(4)13-12/h5-8H,1-2H2,3-4H3/b11-7+,12-8+. The molecule has 0 nitrogen and oxygen atoms in total. The van der Waals surface area contributed by atoms with Gasteiger partial charge in [0.2, 0.25) is 0 Å². The van der Waals surface area contributed by atoms with E-state index in [2.05, 4.69) is 39.2 Å². The van der Waals surface area contributed by atoms with Crippen LogP contribution in [0.4, 0.5) is 0 Å². The third kappa shape index (κ3) is 2.46. The normalized spacial score (nSPS) is 23.0. The Morgan fingerprint density at radius 2 is 1.86 bits per heavy atom. The van der Waals surface area contributed by atoms with Crippen LogP contribution in [0.1, 0.15) is 13.8 Å². The van der Waals surface area contributed by atoms with Gasteiger partial charge >= 0.3 is 0 Å². The van der Waals surface area contributed by atoms with Crippen molar-refractivity contribution in [2.24, 2.45) is 0 Å². The van der Waals surface area contributed by atoms with E-state index in [0.29, 0.717) is 0 Å². The van der Waals surface area contributed by atoms with Gasteiger partial charge in [-0.2, -0.15) is 0 Å². The average Bonchev–Trinajstić information content (AvgIpc) is 2.19. The number of allylic oxidation sites excluding steroid dienone is 5. The van der Waals surface area contributed by atoms with Crippen LogP contribution >= 0.6 is 23.5 Å². The number of thioether (sulfide) groups is 2. The summed E-state index contributed by atoms with van der Waals surface area (Å²) in [4.78, 5) is 5.12. The zero-order valence-electron chi connectivity index (χ0n) is 8.54. The lowest BCUT2D eigenvalue weighted by Crippen LogP contribution is -1.90. The second-order valence-electron chi connectivity index (χ2n) is 2.75. The fourth-order valence-corrected chi connectivity index (χ4v) is 3.26. The first-order valence-corrected chi connectivity index (χ1v) is 6.04. The smallest absolute Gasteiger partial charge is 0.0255 e. The van der Waals surface area contributed by atoms with Crippen LogP contribution < -0.4 is 0 Å². The van der Waals surface area contributed by atoms with Crippen LogP contribution in [0.2, 0.25) is 0 Å². The van der Waals surface area contributed by atoms with Crippen LogP contribution in [-0.4, -0.2) is 0 Å². The van der Waals surface area contributed by atoms with Gasteiger partial charge in [0.1, 0.15) is 0 Å². The number of hydrogen-bond donors (Lipinski definition) is 0. The van der Waals surface area contributed by atoms with Gasteiger partial charge in [-0.1, -0.05) is 54.9 Å². The minimum absolute atomic E-state index is 1.25. The van der Waals surface area contributed by atoms with Gasteiger partial charge in [0, 0.05) is 19.6 Å². The monoisotopic (exact) mass is 222 g/mol. The van der Waals surface area contributed by atoms with E-state index in [-0.39, 0.29) is 0 Å². The van der Waals surface area contributed by atoms with Crippen molar-refractivity contribution in [3.8, 4) is 0 Å². The Bertz CT molecular complexity index is 343. The molecule has 0 aromatic heterocycles. The summed E-state index contributed by atoms with van der Waals surface area (Å²) >= 11 is 3.56. The largest absolute Gasteiger partial charge is 0.0990 e. The summed E-state index contributed by atoms with van der Waals surface area (Å²) in [6.07, 6.45) is 7.93. The van der Waals surface area contributed by atoms with Crippen molar-refractivity contribution in [2.45, 2.75) is 13.8 Å². The van der Waals surface area contributed by atoms with E-state index in [0.717, 1.165) is 0 Å². The Balaban J connectivity index is 3.08. The summed E-state index contributed by atoms with van der Waals surface area (Å²) in [5.41, 5.74) is 0. The minimum Gasteiger partial charge on any atom is -0.0990 e. The van der Waals surface area contributed by atoms with Crippen molar-refractivity contribution < 1.29 is 0 Å². The Morgan fingerprint density at radius 1 is 1.14 bits per heavy atom. The predicted molar refractivity (Wildman–Crippen MR) is 70.1 cm³/mol. The zero-order valence-corrected chi connectivity index (χ0v) is 10.2. The minimum atomic E-state index is 1.25. The molecule has 0 spiro atoms. The fourth-order valence-electron chi connectivity index (χ4n) is 1.12. The first-order chi connectivity index (χ1) is 6.72. The fraction of sp³-hybridized carbons (Fsp3) is 0.167. The van der Waals surface area contributed by atoms with Gasteiger partial charge in [-0.05, 0) is 19.9 Å². The predicted octanol–water partition coefficient (Wildman–Crippen LogP) is 4.86. The highest BCUT2D eigenvalue weighted by molar-refractivity contribution is 8.15. The summed E-state index contributed by atoms with van der Waals surface area (Å²) in [5.74, 6) is 0. The van der Waals surface area contributed by atoms with Crippen LogP contribution in [0.15, 0.2) is 57.1 Å². The maximum absolute atomic E-state index is 3.82. The first-order valence-electron chi connectivity index (χ1n) is 4.41. The quantitative estimate of drug-likeness (QED) is 0.654. The summed E-state index contributed by atoms with van der Waals surface area (Å²) in [6, 6.07) is 0. The first kappa shape index (κ1) is 11.5. The van der Waals surface area contributed by atoms with Gasteiger partial charge in [-0.15, -0.1) is 0 Å². The lowest BCUT2D eigenvalue weighted by atomic mass is 10.4. The number of rotatable bonds is 2. The molecule has 0 radical (unpaired) electrons. The third-order valence-electron chi connectivity index (χ3n) is 1.79. The second kappa shape index (κ2) is 5.32. The molecule has 1 aliphatic rings. The van der Waals surface area contributed by atoms with Gasteiger partial charge in [0.15, 0.2) is 0 Å². The highest BCUT2D eigenvalue weighted by atomic mass is 32.2. The molecule has 0 N–H and O–H groups in total. The summed E-state index contributed by atoms with van der Waals surface area (Å²) in [5, 5.41) is 0. The molecule has 1 heterocycles. The van der Waals surface area contributed by atoms with Crippen LogP contribution in [0.3, 0.4) is 0 Å². The van der Waals surface area contributed by atoms with Gasteiger partial charge in [-0.3, -0.25) is 0 Å². The van der Waals surface area contributed by atoms with Crippen LogP contribution in [0.25, 0.3) is 0 Å². The van der Waals surface area contributed by atoms with E-state index in [1.54, 1.807) is 23.5 Å². The number of hydrogen-bond acceptors (Lipinski definition) is 2. The van der Waals surface area contributed by atoms with Crippen LogP contribution in [0.5, 0.6) is 0 Å². The molecule has 0 aliphatic carbocycles. The van der Waals surface area contributed by atoms with Crippen molar-refractivity contribution >= 4 is 23.5 Å². The van der Waals surface area contributed by atoms with E-state index >= 15 is 0 Å². The molecule has 14 heavy (non-hydrogen) atoms. The molecule has 0 fully saturated rings. The molecular formula is C12H14S2. The summed E-state index contributed by atoms with van der Waals surface area (Å²) < 4.78 is 0. The lowest BCUT2D eigenvalue weighted by molar-refractivity contribution is 1.61. The van der Waals surface area contributed by atoms with Crippen molar-refractivity contribution in [1.29, 1.82) is 0 Å². The van der Waals surface area contributed by atoms with E-state index in [9.17, 15) is 0 Å². The molecular weight excluding hydrogens is 208 g/mol. The lowest BCUT2D eigenvalue weighted by Gasteiger charge is -2.19. The van der Waals surface area contributed by atoms with Gasteiger partial charge in [0.05, 0.1) is 0 Å². The van der Waals surface area contributed by atoms with Gasteiger partial charge < -0.3 is 0 Å². The Morgan fingerprint density at radius 3 is 2.36 bits per heavy atom. The molecule has 0 saturated heterocycles. The Kier molecular flexibility index (Phi) is 4.36. The molecule has 1 aliphatic heterocycles. The second-order valence-corrected chi connectivity index (χ2v) is 5.09. The molecule has 0 aromatic rings. The molecule has 0 aromatic carbocycles. The molecule has 0 amide bonds. The maximum atomic E-state index is 3.82. The molecule has 2 heteroatoms. The average molecular weight is 222 g/mol. The topological polar surface area (TPSA) is 0 Å². The van der Waals surface area contributed by atoms with Crippen molar-refractivity contribution in [2.75, 3.05) is 0 Å². The van der Waals surface area contributed by atoms with E-state index in [1.807, 2.05) is 12.2 Å². The van der Waals surface area contributed by atoms with E-state index in [1.165, 1.54) is 19.6 Å². The van der Waals surface area contributed by atoms with E-state index in [4.69, 9.17) is 0 Å². The Hall–Kier alpha value is -0.600. The zero-order chi connectivity index (χ0) is 10.6. The van der Waals surface area contributed by atoms with Gasteiger partial charge in [0.25, 0.3) is 0 Å². The molecule has 1 rings (SSSR count). The summed E-state index contributed by atoms with van der Waals surface area (Å²) in [6.45, 7) is 11.7. The van der Waals surface area contributed by atoms with E-state index < -0.39 is 0 Å². The van der Waals surface area contributed by atoms with Crippen molar-refractivity contribution in [1.82, 2.24) is 0 Å². The molecule has 0 saturated carbocycles. The SMILES string of the molecule is C=C/C=C1/SC(C)=C(C=C)S/C1=C/C. The molecule has 0 atom stereocenters. The van der Waals surface area contributed by atoms with Crippen molar-refractivity contribution in [3.05, 3.63) is 57.1 Å². The highest BCUT2D eigenvalue weighted by Gasteiger charge is 2.16. The maximum Gasteiger partial charge on any atom is 0.0255 e. The molecule has 0 bridgehead atoms. The van der Waals surface area contributed by atoms with Gasteiger partial charge in [-0.25, -0.2) is 0 Å². The summed E-state index contributed by atoms with van der Waals surface area (Å²) in [7, 11) is 0. The third-order valence-corrected chi connectivity index (χ3v) is 4.52.